The molecular formula is C21H24N2O3. The number of methoxy groups -OCH3 is 1. The quantitative estimate of drug-likeness (QED) is 0.718. The fourth-order valence-corrected chi connectivity index (χ4v) is 2.34. The Morgan fingerprint density at radius 1 is 1.08 bits per heavy atom. The van der Waals surface area contributed by atoms with Crippen molar-refractivity contribution in [3.05, 3.63) is 71.8 Å². The molecule has 0 fully saturated rings. The van der Waals surface area contributed by atoms with E-state index in [-0.39, 0.29) is 11.8 Å². The van der Waals surface area contributed by atoms with Crippen molar-refractivity contribution in [1.29, 1.82) is 0 Å². The van der Waals surface area contributed by atoms with Crippen LogP contribution >= 0.6 is 0 Å². The molecule has 0 radical (unpaired) electrons. The highest BCUT2D eigenvalue weighted by Gasteiger charge is 2.13. The van der Waals surface area contributed by atoms with Crippen LogP contribution in [0.15, 0.2) is 60.7 Å². The second-order valence-electron chi connectivity index (χ2n) is 5.86. The normalized spacial score (nSPS) is 11.8. The van der Waals surface area contributed by atoms with Crippen molar-refractivity contribution in [3.63, 3.8) is 0 Å². The molecule has 2 N–H and O–H groups in total. The number of hydrogen-bond donors (Lipinski definition) is 2. The highest BCUT2D eigenvalue weighted by Crippen LogP contribution is 2.11. The van der Waals surface area contributed by atoms with Crippen LogP contribution in [0.3, 0.4) is 0 Å². The van der Waals surface area contributed by atoms with E-state index in [2.05, 4.69) is 10.6 Å². The molecule has 0 aliphatic carbocycles. The first kappa shape index (κ1) is 19.2. The van der Waals surface area contributed by atoms with E-state index in [9.17, 15) is 9.59 Å². The van der Waals surface area contributed by atoms with Crippen LogP contribution in [-0.2, 0) is 16.0 Å². The molecule has 5 nitrogen and oxygen atoms in total. The zero-order chi connectivity index (χ0) is 18.8. The molecule has 0 bridgehead atoms. The number of ether oxygens (including phenoxy) is 1. The van der Waals surface area contributed by atoms with Gasteiger partial charge in [-0.1, -0.05) is 42.5 Å². The summed E-state index contributed by atoms with van der Waals surface area (Å²) < 4.78 is 5.11. The van der Waals surface area contributed by atoms with Gasteiger partial charge in [0.25, 0.3) is 0 Å². The van der Waals surface area contributed by atoms with Crippen LogP contribution in [0.25, 0.3) is 6.08 Å². The molecule has 0 heterocycles. The number of amides is 2. The molecule has 1 unspecified atom stereocenters. The summed E-state index contributed by atoms with van der Waals surface area (Å²) in [5.41, 5.74) is 2.04. The maximum Gasteiger partial charge on any atom is 0.244 e. The molecule has 2 rings (SSSR count). The lowest BCUT2D eigenvalue weighted by atomic mass is 10.1. The van der Waals surface area contributed by atoms with E-state index in [1.807, 2.05) is 54.6 Å². The Bertz CT molecular complexity index is 740. The van der Waals surface area contributed by atoms with Gasteiger partial charge in [-0.3, -0.25) is 9.59 Å². The summed E-state index contributed by atoms with van der Waals surface area (Å²) in [5.74, 6) is 0.296. The molecule has 0 aliphatic heterocycles. The molecule has 0 saturated heterocycles. The monoisotopic (exact) mass is 352 g/mol. The Balaban J connectivity index is 1.72. The third kappa shape index (κ3) is 6.43. The van der Waals surface area contributed by atoms with E-state index in [4.69, 9.17) is 4.74 Å². The predicted molar refractivity (Wildman–Crippen MR) is 103 cm³/mol. The van der Waals surface area contributed by atoms with Gasteiger partial charge in [0.2, 0.25) is 11.8 Å². The second kappa shape index (κ2) is 10.0. The van der Waals surface area contributed by atoms with Crippen molar-refractivity contribution in [2.75, 3.05) is 13.7 Å². The largest absolute Gasteiger partial charge is 0.497 e. The highest BCUT2D eigenvalue weighted by atomic mass is 16.5. The van der Waals surface area contributed by atoms with E-state index in [1.165, 1.54) is 6.08 Å². The summed E-state index contributed by atoms with van der Waals surface area (Å²) in [4.78, 5) is 24.0. The average Bonchev–Trinajstić information content (AvgIpc) is 2.67. The molecule has 2 amide bonds. The molecule has 0 saturated carbocycles. The van der Waals surface area contributed by atoms with E-state index in [1.54, 1.807) is 20.1 Å². The summed E-state index contributed by atoms with van der Waals surface area (Å²) in [6.45, 7) is 2.17. The van der Waals surface area contributed by atoms with Crippen molar-refractivity contribution in [2.24, 2.45) is 0 Å². The lowest BCUT2D eigenvalue weighted by Gasteiger charge is -2.13. The number of benzene rings is 2. The fourth-order valence-electron chi connectivity index (χ4n) is 2.34. The number of hydrogen-bond acceptors (Lipinski definition) is 3. The van der Waals surface area contributed by atoms with Crippen LogP contribution in [-0.4, -0.2) is 31.5 Å². The lowest BCUT2D eigenvalue weighted by Crippen LogP contribution is -2.44. The van der Waals surface area contributed by atoms with Crippen LogP contribution in [0, 0.1) is 0 Å². The molecular weight excluding hydrogens is 328 g/mol. The minimum Gasteiger partial charge on any atom is -0.497 e. The summed E-state index contributed by atoms with van der Waals surface area (Å²) in [6, 6.07) is 16.6. The van der Waals surface area contributed by atoms with Crippen LogP contribution in [0.5, 0.6) is 5.75 Å². The van der Waals surface area contributed by atoms with Gasteiger partial charge in [-0.25, -0.2) is 0 Å². The van der Waals surface area contributed by atoms with Crippen molar-refractivity contribution in [1.82, 2.24) is 10.6 Å². The number of carbonyl (C=O) groups excluding carboxylic acids is 2. The van der Waals surface area contributed by atoms with Crippen LogP contribution in [0.2, 0.25) is 0 Å². The van der Waals surface area contributed by atoms with Crippen molar-refractivity contribution in [3.8, 4) is 5.75 Å². The Morgan fingerprint density at radius 3 is 2.42 bits per heavy atom. The van der Waals surface area contributed by atoms with Crippen molar-refractivity contribution < 1.29 is 14.3 Å². The van der Waals surface area contributed by atoms with E-state index in [0.717, 1.165) is 16.9 Å². The van der Waals surface area contributed by atoms with Gasteiger partial charge >= 0.3 is 0 Å². The molecule has 0 aliphatic rings. The van der Waals surface area contributed by atoms with E-state index in [0.29, 0.717) is 13.0 Å². The number of nitrogens with one attached hydrogen (secondary N) is 2. The summed E-state index contributed by atoms with van der Waals surface area (Å²) >= 11 is 0. The van der Waals surface area contributed by atoms with E-state index >= 15 is 0 Å². The molecule has 2 aromatic rings. The Morgan fingerprint density at radius 2 is 1.77 bits per heavy atom. The van der Waals surface area contributed by atoms with Gasteiger partial charge in [0.15, 0.2) is 0 Å². The van der Waals surface area contributed by atoms with Gasteiger partial charge in [0.05, 0.1) is 7.11 Å². The number of rotatable bonds is 8. The lowest BCUT2D eigenvalue weighted by molar-refractivity contribution is -0.126. The molecule has 26 heavy (non-hydrogen) atoms. The summed E-state index contributed by atoms with van der Waals surface area (Å²) in [6.07, 6.45) is 3.85. The standard InChI is InChI=1S/C21H24N2O3/c1-16(23-20(24)13-10-17-6-4-3-5-7-17)21(25)22-15-14-18-8-11-19(26-2)12-9-18/h3-13,16H,14-15H2,1-2H3,(H,22,25)(H,23,24)/b13-10+. The van der Waals surface area contributed by atoms with Gasteiger partial charge < -0.3 is 15.4 Å². The first-order valence-electron chi connectivity index (χ1n) is 8.53. The van der Waals surface area contributed by atoms with Gasteiger partial charge in [-0.2, -0.15) is 0 Å². The molecule has 136 valence electrons. The maximum absolute atomic E-state index is 12.1. The Kier molecular flexibility index (Phi) is 7.43. The Labute approximate surface area is 154 Å². The molecule has 2 aromatic carbocycles. The van der Waals surface area contributed by atoms with E-state index < -0.39 is 6.04 Å². The minimum absolute atomic E-state index is 0.208. The summed E-state index contributed by atoms with van der Waals surface area (Å²) in [7, 11) is 1.62. The highest BCUT2D eigenvalue weighted by molar-refractivity contribution is 5.95. The predicted octanol–water partition coefficient (Wildman–Crippen LogP) is 2.57. The van der Waals surface area contributed by atoms with Crippen molar-refractivity contribution >= 4 is 17.9 Å². The smallest absolute Gasteiger partial charge is 0.244 e. The van der Waals surface area contributed by atoms with Gasteiger partial charge in [-0.05, 0) is 42.7 Å². The fraction of sp³-hybridized carbons (Fsp3) is 0.238. The first-order valence-corrected chi connectivity index (χ1v) is 8.53. The zero-order valence-electron chi connectivity index (χ0n) is 15.1. The van der Waals surface area contributed by atoms with Crippen molar-refractivity contribution in [2.45, 2.75) is 19.4 Å². The molecule has 5 heteroatoms. The van der Waals surface area contributed by atoms with Gasteiger partial charge in [-0.15, -0.1) is 0 Å². The average molecular weight is 352 g/mol. The molecule has 1 atom stereocenters. The number of carbonyl (C=O) groups is 2. The van der Waals surface area contributed by atoms with Crippen LogP contribution in [0.1, 0.15) is 18.1 Å². The minimum atomic E-state index is -0.598. The zero-order valence-corrected chi connectivity index (χ0v) is 15.1. The van der Waals surface area contributed by atoms with Crippen LogP contribution < -0.4 is 15.4 Å². The summed E-state index contributed by atoms with van der Waals surface area (Å²) in [5, 5.41) is 5.49. The van der Waals surface area contributed by atoms with Crippen LogP contribution in [0.4, 0.5) is 0 Å². The maximum atomic E-state index is 12.1. The topological polar surface area (TPSA) is 67.4 Å². The van der Waals surface area contributed by atoms with Gasteiger partial charge in [0.1, 0.15) is 11.8 Å². The molecule has 0 spiro atoms. The third-order valence-electron chi connectivity index (χ3n) is 3.85. The van der Waals surface area contributed by atoms with Gasteiger partial charge in [0, 0.05) is 12.6 Å². The first-order chi connectivity index (χ1) is 12.6. The SMILES string of the molecule is COc1ccc(CCNC(=O)C(C)NC(=O)/C=C/c2ccccc2)cc1. The Hall–Kier alpha value is -3.08. The third-order valence-corrected chi connectivity index (χ3v) is 3.85. The molecule has 0 aromatic heterocycles. The second-order valence-corrected chi connectivity index (χ2v) is 5.86.